The van der Waals surface area contributed by atoms with E-state index < -0.39 is 4.92 Å². The molecule has 0 fully saturated rings. The number of nitro groups is 1. The molecule has 0 aliphatic heterocycles. The Morgan fingerprint density at radius 1 is 1.16 bits per heavy atom. The first-order chi connectivity index (χ1) is 12.0. The van der Waals surface area contributed by atoms with Gasteiger partial charge >= 0.3 is 0 Å². The van der Waals surface area contributed by atoms with Crippen molar-refractivity contribution >= 4 is 28.7 Å². The molecule has 2 aromatic carbocycles. The van der Waals surface area contributed by atoms with Gasteiger partial charge in [0.05, 0.1) is 19.1 Å². The molecule has 2 aromatic rings. The van der Waals surface area contributed by atoms with Crippen molar-refractivity contribution in [3.8, 4) is 11.5 Å². The molecule has 0 aliphatic carbocycles. The van der Waals surface area contributed by atoms with Gasteiger partial charge in [0.1, 0.15) is 5.69 Å². The summed E-state index contributed by atoms with van der Waals surface area (Å²) in [5, 5.41) is 17.2. The summed E-state index contributed by atoms with van der Waals surface area (Å²) in [6, 6.07) is 12.0. The number of hydrogen-bond donors (Lipinski definition) is 2. The average Bonchev–Trinajstić information content (AvgIpc) is 2.61. The van der Waals surface area contributed by atoms with Crippen LogP contribution in [0.1, 0.15) is 5.56 Å². The van der Waals surface area contributed by atoms with E-state index in [0.29, 0.717) is 35.3 Å². The fourth-order valence-corrected chi connectivity index (χ4v) is 2.47. The van der Waals surface area contributed by atoms with E-state index >= 15 is 0 Å². The van der Waals surface area contributed by atoms with E-state index in [9.17, 15) is 10.1 Å². The van der Waals surface area contributed by atoms with Gasteiger partial charge in [-0.05, 0) is 42.4 Å². The Kier molecular flexibility index (Phi) is 6.53. The number of nitrogens with one attached hydrogen (secondary N) is 2. The van der Waals surface area contributed by atoms with Crippen molar-refractivity contribution in [1.82, 2.24) is 5.32 Å². The number of anilines is 1. The highest BCUT2D eigenvalue weighted by atomic mass is 32.1. The summed E-state index contributed by atoms with van der Waals surface area (Å²) < 4.78 is 10.5. The standard InChI is InChI=1S/C17H19N3O4S/c1-23-15-8-7-12(11-16(15)24-2)9-10-18-17(25)19-13-5-3-4-6-14(13)20(21)22/h3-8,11H,9-10H2,1-2H3,(H2,18,19,25). The molecule has 132 valence electrons. The number of nitrogens with zero attached hydrogens (tertiary/aromatic N) is 1. The zero-order valence-corrected chi connectivity index (χ0v) is 14.8. The molecular formula is C17H19N3O4S. The van der Waals surface area contributed by atoms with E-state index in [0.717, 1.165) is 5.56 Å². The second-order valence-electron chi connectivity index (χ2n) is 5.09. The van der Waals surface area contributed by atoms with Crippen molar-refractivity contribution in [3.05, 3.63) is 58.1 Å². The molecule has 0 radical (unpaired) electrons. The highest BCUT2D eigenvalue weighted by Gasteiger charge is 2.13. The lowest BCUT2D eigenvalue weighted by Gasteiger charge is -2.12. The van der Waals surface area contributed by atoms with Gasteiger partial charge in [0.25, 0.3) is 5.69 Å². The predicted octanol–water partition coefficient (Wildman–Crippen LogP) is 3.14. The second-order valence-corrected chi connectivity index (χ2v) is 5.50. The minimum atomic E-state index is -0.450. The molecule has 7 nitrogen and oxygen atoms in total. The summed E-state index contributed by atoms with van der Waals surface area (Å²) in [5.74, 6) is 1.34. The van der Waals surface area contributed by atoms with Crippen molar-refractivity contribution < 1.29 is 14.4 Å². The maximum Gasteiger partial charge on any atom is 0.292 e. The molecule has 0 unspecified atom stereocenters. The average molecular weight is 361 g/mol. The van der Waals surface area contributed by atoms with Crippen LogP contribution in [0.2, 0.25) is 0 Å². The largest absolute Gasteiger partial charge is 0.493 e. The third-order valence-electron chi connectivity index (χ3n) is 3.50. The summed E-state index contributed by atoms with van der Waals surface area (Å²) in [4.78, 5) is 10.5. The Balaban J connectivity index is 1.90. The Labute approximate surface area is 151 Å². The Bertz CT molecular complexity index is 767. The lowest BCUT2D eigenvalue weighted by molar-refractivity contribution is -0.383. The van der Waals surface area contributed by atoms with E-state index in [1.165, 1.54) is 6.07 Å². The Hall–Kier alpha value is -2.87. The van der Waals surface area contributed by atoms with Gasteiger partial charge in [0.2, 0.25) is 0 Å². The summed E-state index contributed by atoms with van der Waals surface area (Å²) in [5.41, 5.74) is 1.39. The van der Waals surface area contributed by atoms with Crippen LogP contribution in [0.15, 0.2) is 42.5 Å². The molecule has 25 heavy (non-hydrogen) atoms. The van der Waals surface area contributed by atoms with E-state index in [4.69, 9.17) is 21.7 Å². The molecule has 0 spiro atoms. The number of rotatable bonds is 7. The molecule has 0 atom stereocenters. The first-order valence-corrected chi connectivity index (χ1v) is 7.95. The van der Waals surface area contributed by atoms with E-state index in [1.54, 1.807) is 32.4 Å². The third-order valence-corrected chi connectivity index (χ3v) is 3.74. The summed E-state index contributed by atoms with van der Waals surface area (Å²) in [6.45, 7) is 0.571. The van der Waals surface area contributed by atoms with E-state index in [2.05, 4.69) is 10.6 Å². The van der Waals surface area contributed by atoms with Crippen LogP contribution in [-0.4, -0.2) is 30.8 Å². The SMILES string of the molecule is COc1ccc(CCNC(=S)Nc2ccccc2[N+](=O)[O-])cc1OC. The van der Waals surface area contributed by atoms with Crippen molar-refractivity contribution in [2.75, 3.05) is 26.1 Å². The van der Waals surface area contributed by atoms with Crippen LogP contribution in [0.3, 0.4) is 0 Å². The maximum atomic E-state index is 11.0. The second kappa shape index (κ2) is 8.84. The minimum Gasteiger partial charge on any atom is -0.493 e. The van der Waals surface area contributed by atoms with Gasteiger partial charge in [-0.2, -0.15) is 0 Å². The van der Waals surface area contributed by atoms with Crippen LogP contribution in [0.25, 0.3) is 0 Å². The molecule has 0 aromatic heterocycles. The van der Waals surface area contributed by atoms with Gasteiger partial charge in [-0.25, -0.2) is 0 Å². The number of hydrogen-bond acceptors (Lipinski definition) is 5. The minimum absolute atomic E-state index is 0.0217. The molecule has 0 heterocycles. The van der Waals surface area contributed by atoms with Crippen molar-refractivity contribution in [2.24, 2.45) is 0 Å². The van der Waals surface area contributed by atoms with E-state index in [-0.39, 0.29) is 5.69 Å². The third kappa shape index (κ3) is 5.05. The molecule has 8 heteroatoms. The van der Waals surface area contributed by atoms with Gasteiger partial charge in [-0.3, -0.25) is 10.1 Å². The van der Waals surface area contributed by atoms with Crippen LogP contribution in [0.5, 0.6) is 11.5 Å². The Morgan fingerprint density at radius 2 is 1.88 bits per heavy atom. The smallest absolute Gasteiger partial charge is 0.292 e. The van der Waals surface area contributed by atoms with Gasteiger partial charge in [0.15, 0.2) is 16.6 Å². The van der Waals surface area contributed by atoms with Crippen molar-refractivity contribution in [2.45, 2.75) is 6.42 Å². The number of para-hydroxylation sites is 2. The quantitative estimate of drug-likeness (QED) is 0.445. The van der Waals surface area contributed by atoms with Gasteiger partial charge in [-0.1, -0.05) is 18.2 Å². The topological polar surface area (TPSA) is 85.7 Å². The number of benzene rings is 2. The monoisotopic (exact) mass is 361 g/mol. The molecule has 0 saturated carbocycles. The first-order valence-electron chi connectivity index (χ1n) is 7.54. The number of nitro benzene ring substituents is 1. The van der Waals surface area contributed by atoms with Crippen molar-refractivity contribution in [1.29, 1.82) is 0 Å². The fourth-order valence-electron chi connectivity index (χ4n) is 2.26. The maximum absolute atomic E-state index is 11.0. The van der Waals surface area contributed by atoms with E-state index in [1.807, 2.05) is 18.2 Å². The normalized spacial score (nSPS) is 10.0. The summed E-state index contributed by atoms with van der Waals surface area (Å²) >= 11 is 5.20. The molecule has 2 N–H and O–H groups in total. The lowest BCUT2D eigenvalue weighted by atomic mass is 10.1. The lowest BCUT2D eigenvalue weighted by Crippen LogP contribution is -2.30. The highest BCUT2D eigenvalue weighted by Crippen LogP contribution is 2.27. The summed E-state index contributed by atoms with van der Waals surface area (Å²) in [6.07, 6.45) is 0.707. The van der Waals surface area contributed by atoms with Crippen LogP contribution in [0.4, 0.5) is 11.4 Å². The predicted molar refractivity (Wildman–Crippen MR) is 101 cm³/mol. The zero-order chi connectivity index (χ0) is 18.2. The molecular weight excluding hydrogens is 342 g/mol. The van der Waals surface area contributed by atoms with Crippen molar-refractivity contribution in [3.63, 3.8) is 0 Å². The molecule has 0 saturated heterocycles. The Morgan fingerprint density at radius 3 is 2.56 bits per heavy atom. The van der Waals surface area contributed by atoms with Gasteiger partial charge < -0.3 is 20.1 Å². The van der Waals surface area contributed by atoms with Gasteiger partial charge in [-0.15, -0.1) is 0 Å². The first kappa shape index (κ1) is 18.5. The van der Waals surface area contributed by atoms with Crippen LogP contribution >= 0.6 is 12.2 Å². The van der Waals surface area contributed by atoms with Crippen LogP contribution in [0, 0.1) is 10.1 Å². The van der Waals surface area contributed by atoms with Crippen LogP contribution in [-0.2, 0) is 6.42 Å². The number of thiocarbonyl (C=S) groups is 1. The molecule has 0 bridgehead atoms. The highest BCUT2D eigenvalue weighted by molar-refractivity contribution is 7.80. The number of methoxy groups -OCH3 is 2. The molecule has 0 amide bonds. The fraction of sp³-hybridized carbons (Fsp3) is 0.235. The zero-order valence-electron chi connectivity index (χ0n) is 13.9. The van der Waals surface area contributed by atoms with Crippen LogP contribution < -0.4 is 20.1 Å². The van der Waals surface area contributed by atoms with Gasteiger partial charge in [0, 0.05) is 12.6 Å². The number of ether oxygens (including phenoxy) is 2. The molecule has 0 aliphatic rings. The summed E-state index contributed by atoms with van der Waals surface area (Å²) in [7, 11) is 3.18. The molecule has 2 rings (SSSR count).